The number of aromatic nitrogens is 1. The minimum absolute atomic E-state index is 0.136. The van der Waals surface area contributed by atoms with Gasteiger partial charge >= 0.3 is 0 Å². The number of pyridine rings is 1. The molecule has 0 saturated heterocycles. The number of nitrogens with zero attached hydrogens (tertiary/aromatic N) is 1. The highest BCUT2D eigenvalue weighted by molar-refractivity contribution is 9.10. The van der Waals surface area contributed by atoms with Gasteiger partial charge in [0.25, 0.3) is 5.91 Å². The Balaban J connectivity index is 1.80. The van der Waals surface area contributed by atoms with Crippen molar-refractivity contribution in [2.45, 2.75) is 13.3 Å². The summed E-state index contributed by atoms with van der Waals surface area (Å²) in [5.41, 5.74) is 3.38. The fourth-order valence-corrected chi connectivity index (χ4v) is 2.37. The van der Waals surface area contributed by atoms with Crippen molar-refractivity contribution in [2.75, 3.05) is 11.9 Å². The monoisotopic (exact) mass is 332 g/mol. The van der Waals surface area contributed by atoms with Gasteiger partial charge in [-0.3, -0.25) is 4.79 Å². The summed E-state index contributed by atoms with van der Waals surface area (Å²) in [6.07, 6.45) is 2.49. The number of anilines is 1. The predicted octanol–water partition coefficient (Wildman–Crippen LogP) is 3.34. The van der Waals surface area contributed by atoms with Crippen molar-refractivity contribution in [3.8, 4) is 5.75 Å². The molecule has 1 amide bonds. The second-order valence-electron chi connectivity index (χ2n) is 4.71. The second-order valence-corrected chi connectivity index (χ2v) is 5.46. The van der Waals surface area contributed by atoms with Gasteiger partial charge in [0, 0.05) is 12.0 Å². The highest BCUT2D eigenvalue weighted by atomic mass is 79.9. The van der Waals surface area contributed by atoms with Gasteiger partial charge in [0.15, 0.2) is 0 Å². The van der Waals surface area contributed by atoms with Crippen molar-refractivity contribution in [3.05, 3.63) is 51.8 Å². The number of fused-ring (bicyclic) bond motifs is 1. The Kier molecular flexibility index (Phi) is 3.44. The molecule has 1 aliphatic rings. The van der Waals surface area contributed by atoms with Gasteiger partial charge in [-0.25, -0.2) is 4.98 Å². The molecule has 1 aliphatic heterocycles. The molecular weight excluding hydrogens is 320 g/mol. The molecule has 0 bridgehead atoms. The van der Waals surface area contributed by atoms with Gasteiger partial charge in [0.1, 0.15) is 10.4 Å². The number of ether oxygens (including phenoxy) is 1. The maximum Gasteiger partial charge on any atom is 0.255 e. The molecule has 0 spiro atoms. The lowest BCUT2D eigenvalue weighted by molar-refractivity contribution is 0.102. The van der Waals surface area contributed by atoms with Gasteiger partial charge in [0.2, 0.25) is 0 Å². The van der Waals surface area contributed by atoms with E-state index in [1.165, 1.54) is 0 Å². The van der Waals surface area contributed by atoms with Crippen molar-refractivity contribution >= 4 is 27.5 Å². The SMILES string of the molecule is Cc1cc(NC(=O)c2ccc3c(c2)CCO3)cnc1Br. The molecule has 1 aromatic carbocycles. The van der Waals surface area contributed by atoms with E-state index in [4.69, 9.17) is 4.74 Å². The van der Waals surface area contributed by atoms with E-state index in [0.29, 0.717) is 17.9 Å². The molecule has 0 saturated carbocycles. The number of nitrogens with one attached hydrogen (secondary N) is 1. The molecule has 0 aliphatic carbocycles. The number of halogens is 1. The predicted molar refractivity (Wildman–Crippen MR) is 80.3 cm³/mol. The highest BCUT2D eigenvalue weighted by Gasteiger charge is 2.15. The third-order valence-electron chi connectivity index (χ3n) is 3.22. The summed E-state index contributed by atoms with van der Waals surface area (Å²) in [4.78, 5) is 16.4. The fraction of sp³-hybridized carbons (Fsp3) is 0.200. The lowest BCUT2D eigenvalue weighted by atomic mass is 10.1. The lowest BCUT2D eigenvalue weighted by Crippen LogP contribution is -2.12. The van der Waals surface area contributed by atoms with Crippen LogP contribution in [0.15, 0.2) is 35.1 Å². The average Bonchev–Trinajstić information content (AvgIpc) is 2.90. The third-order valence-corrected chi connectivity index (χ3v) is 4.05. The molecule has 0 radical (unpaired) electrons. The van der Waals surface area contributed by atoms with Gasteiger partial charge in [-0.2, -0.15) is 0 Å². The summed E-state index contributed by atoms with van der Waals surface area (Å²) in [7, 11) is 0. The van der Waals surface area contributed by atoms with Crippen LogP contribution in [0.3, 0.4) is 0 Å². The average molecular weight is 333 g/mol. The molecular formula is C15H13BrN2O2. The van der Waals surface area contributed by atoms with Crippen molar-refractivity contribution < 1.29 is 9.53 Å². The van der Waals surface area contributed by atoms with Crippen LogP contribution in [0.25, 0.3) is 0 Å². The zero-order chi connectivity index (χ0) is 14.1. The topological polar surface area (TPSA) is 51.2 Å². The quantitative estimate of drug-likeness (QED) is 0.858. The minimum Gasteiger partial charge on any atom is -0.493 e. The molecule has 102 valence electrons. The van der Waals surface area contributed by atoms with Crippen LogP contribution in [0.2, 0.25) is 0 Å². The number of amides is 1. The molecule has 0 fully saturated rings. The maximum absolute atomic E-state index is 12.2. The van der Waals surface area contributed by atoms with E-state index in [2.05, 4.69) is 26.2 Å². The Morgan fingerprint density at radius 2 is 2.25 bits per heavy atom. The summed E-state index contributed by atoms with van der Waals surface area (Å²) < 4.78 is 6.22. The van der Waals surface area contributed by atoms with E-state index in [1.54, 1.807) is 12.3 Å². The lowest BCUT2D eigenvalue weighted by Gasteiger charge is -2.07. The van der Waals surface area contributed by atoms with E-state index in [9.17, 15) is 4.79 Å². The number of hydrogen-bond donors (Lipinski definition) is 1. The summed E-state index contributed by atoms with van der Waals surface area (Å²) in [5.74, 6) is 0.742. The number of rotatable bonds is 2. The van der Waals surface area contributed by atoms with Crippen LogP contribution >= 0.6 is 15.9 Å². The van der Waals surface area contributed by atoms with E-state index < -0.39 is 0 Å². The van der Waals surface area contributed by atoms with Gasteiger partial charge in [-0.05, 0) is 58.2 Å². The Morgan fingerprint density at radius 1 is 1.40 bits per heavy atom. The van der Waals surface area contributed by atoms with E-state index in [-0.39, 0.29) is 5.91 Å². The molecule has 3 rings (SSSR count). The largest absolute Gasteiger partial charge is 0.493 e. The second kappa shape index (κ2) is 5.25. The van der Waals surface area contributed by atoms with Crippen LogP contribution < -0.4 is 10.1 Å². The number of benzene rings is 1. The molecule has 1 aromatic heterocycles. The van der Waals surface area contributed by atoms with E-state index in [1.807, 2.05) is 25.1 Å². The highest BCUT2D eigenvalue weighted by Crippen LogP contribution is 2.26. The smallest absolute Gasteiger partial charge is 0.255 e. The molecule has 20 heavy (non-hydrogen) atoms. The van der Waals surface area contributed by atoms with Gasteiger partial charge < -0.3 is 10.1 Å². The van der Waals surface area contributed by atoms with Crippen LogP contribution in [0.4, 0.5) is 5.69 Å². The van der Waals surface area contributed by atoms with E-state index >= 15 is 0 Å². The summed E-state index contributed by atoms with van der Waals surface area (Å²) in [6.45, 7) is 2.62. The van der Waals surface area contributed by atoms with Gasteiger partial charge in [0.05, 0.1) is 18.5 Å². The first kappa shape index (κ1) is 13.1. The van der Waals surface area contributed by atoms with Crippen molar-refractivity contribution in [1.29, 1.82) is 0 Å². The van der Waals surface area contributed by atoms with Crippen LogP contribution in [-0.4, -0.2) is 17.5 Å². The van der Waals surface area contributed by atoms with Crippen LogP contribution in [0, 0.1) is 6.92 Å². The van der Waals surface area contributed by atoms with E-state index in [0.717, 1.165) is 27.9 Å². The first-order valence-electron chi connectivity index (χ1n) is 6.33. The minimum atomic E-state index is -0.136. The normalized spacial score (nSPS) is 12.7. The number of carbonyl (C=O) groups excluding carboxylic acids is 1. The first-order valence-corrected chi connectivity index (χ1v) is 7.12. The van der Waals surface area contributed by atoms with Crippen molar-refractivity contribution in [1.82, 2.24) is 4.98 Å². The Hall–Kier alpha value is -1.88. The fourth-order valence-electron chi connectivity index (χ4n) is 2.16. The number of aryl methyl sites for hydroxylation is 1. The summed E-state index contributed by atoms with van der Waals surface area (Å²) in [6, 6.07) is 7.39. The zero-order valence-electron chi connectivity index (χ0n) is 10.9. The summed E-state index contributed by atoms with van der Waals surface area (Å²) >= 11 is 3.34. The zero-order valence-corrected chi connectivity index (χ0v) is 12.5. The molecule has 0 atom stereocenters. The molecule has 0 unspecified atom stereocenters. The van der Waals surface area contributed by atoms with Crippen molar-refractivity contribution in [2.24, 2.45) is 0 Å². The maximum atomic E-state index is 12.2. The Morgan fingerprint density at radius 3 is 3.05 bits per heavy atom. The van der Waals surface area contributed by atoms with Gasteiger partial charge in [-0.15, -0.1) is 0 Å². The molecule has 2 heterocycles. The molecule has 4 nitrogen and oxygen atoms in total. The molecule has 2 aromatic rings. The molecule has 1 N–H and O–H groups in total. The number of carbonyl (C=O) groups is 1. The first-order chi connectivity index (χ1) is 9.63. The number of hydrogen-bond acceptors (Lipinski definition) is 3. The van der Waals surface area contributed by atoms with Crippen LogP contribution in [-0.2, 0) is 6.42 Å². The standard InChI is InChI=1S/C15H13BrN2O2/c1-9-6-12(8-17-14(9)16)18-15(19)11-2-3-13-10(7-11)4-5-20-13/h2-3,6-8H,4-5H2,1H3,(H,18,19). The molecule has 5 heteroatoms. The van der Waals surface area contributed by atoms with Gasteiger partial charge in [-0.1, -0.05) is 0 Å². The van der Waals surface area contributed by atoms with Crippen LogP contribution in [0.1, 0.15) is 21.5 Å². The summed E-state index contributed by atoms with van der Waals surface area (Å²) in [5, 5.41) is 2.85. The Labute approximate surface area is 125 Å². The third kappa shape index (κ3) is 2.54. The Bertz CT molecular complexity index is 686. The van der Waals surface area contributed by atoms with Crippen LogP contribution in [0.5, 0.6) is 5.75 Å². The van der Waals surface area contributed by atoms with Crippen molar-refractivity contribution in [3.63, 3.8) is 0 Å².